The second kappa shape index (κ2) is 6.49. The first kappa shape index (κ1) is 16.6. The summed E-state index contributed by atoms with van der Waals surface area (Å²) in [6, 6.07) is 15.1. The van der Waals surface area contributed by atoms with Crippen LogP contribution in [0.4, 0.5) is 0 Å². The van der Waals surface area contributed by atoms with E-state index in [1.165, 1.54) is 39.1 Å². The van der Waals surface area contributed by atoms with Gasteiger partial charge in [-0.15, -0.1) is 0 Å². The normalized spacial score (nSPS) is 16.2. The average molecular weight is 343 g/mol. The molecule has 0 radical (unpaired) electrons. The van der Waals surface area contributed by atoms with E-state index in [1.807, 2.05) is 0 Å². The maximum absolute atomic E-state index is 4.91. The van der Waals surface area contributed by atoms with Crippen molar-refractivity contribution in [2.24, 2.45) is 4.99 Å². The molecule has 0 aromatic heterocycles. The minimum atomic E-state index is 0.713. The highest BCUT2D eigenvalue weighted by molar-refractivity contribution is 6.33. The third-order valence-electron chi connectivity index (χ3n) is 5.06. The molecule has 2 aliphatic heterocycles. The maximum Gasteiger partial charge on any atom is 0.111 e. The molecule has 0 spiro atoms. The predicted molar refractivity (Wildman–Crippen MR) is 109 cm³/mol. The van der Waals surface area contributed by atoms with Crippen LogP contribution in [0.5, 0.6) is 0 Å². The van der Waals surface area contributed by atoms with Crippen molar-refractivity contribution in [2.45, 2.75) is 27.3 Å². The highest BCUT2D eigenvalue weighted by Gasteiger charge is 2.30. The molecule has 0 aliphatic carbocycles. The molecule has 0 unspecified atom stereocenters. The Bertz CT molecular complexity index is 912. The van der Waals surface area contributed by atoms with Gasteiger partial charge in [-0.3, -0.25) is 4.99 Å². The fraction of sp³-hybridized carbons (Fsp3) is 0.261. The first-order valence-corrected chi connectivity index (χ1v) is 9.11. The molecule has 2 heterocycles. The van der Waals surface area contributed by atoms with E-state index in [9.17, 15) is 0 Å². The smallest absolute Gasteiger partial charge is 0.111 e. The molecule has 26 heavy (non-hydrogen) atoms. The molecule has 0 amide bonds. The minimum Gasteiger partial charge on any atom is -0.354 e. The van der Waals surface area contributed by atoms with Gasteiger partial charge in [0.2, 0.25) is 0 Å². The topological polar surface area (TPSA) is 18.8 Å². The summed E-state index contributed by atoms with van der Waals surface area (Å²) in [7, 11) is 2.10. The number of allylic oxidation sites excluding steroid dienone is 1. The van der Waals surface area contributed by atoms with Gasteiger partial charge >= 0.3 is 0 Å². The first-order valence-electron chi connectivity index (χ1n) is 9.11. The quantitative estimate of drug-likeness (QED) is 0.807. The number of aliphatic imine (C=N–C) groups is 1. The van der Waals surface area contributed by atoms with Crippen LogP contribution in [0.2, 0.25) is 0 Å². The molecule has 3 heteroatoms. The SMILES string of the molecule is Cc1cc(C)c(C2=CN(C)C=C3C2=NCN3Cc2ccccc2)c(C)c1. The lowest BCUT2D eigenvalue weighted by Gasteiger charge is -2.28. The average Bonchev–Trinajstić information content (AvgIpc) is 2.97. The number of benzene rings is 2. The molecule has 132 valence electrons. The summed E-state index contributed by atoms with van der Waals surface area (Å²) in [4.78, 5) is 9.42. The standard InChI is InChI=1S/C23H25N3/c1-16-10-17(2)22(18(3)11-16)20-13-25(4)14-21-23(20)24-15-26(21)12-19-8-6-5-7-9-19/h5-11,13-14H,12,15H2,1-4H3. The maximum atomic E-state index is 4.91. The first-order chi connectivity index (χ1) is 12.5. The van der Waals surface area contributed by atoms with Crippen LogP contribution in [-0.2, 0) is 6.54 Å². The number of rotatable bonds is 3. The zero-order valence-corrected chi connectivity index (χ0v) is 16.0. The van der Waals surface area contributed by atoms with E-state index in [0.717, 1.165) is 12.3 Å². The molecule has 0 N–H and O–H groups in total. The highest BCUT2D eigenvalue weighted by Crippen LogP contribution is 2.34. The molecule has 0 atom stereocenters. The largest absolute Gasteiger partial charge is 0.354 e. The molecule has 0 saturated heterocycles. The van der Waals surface area contributed by atoms with E-state index < -0.39 is 0 Å². The lowest BCUT2D eigenvalue weighted by molar-refractivity contribution is 0.375. The zero-order chi connectivity index (χ0) is 18.3. The predicted octanol–water partition coefficient (Wildman–Crippen LogP) is 4.65. The molecule has 2 aliphatic rings. The highest BCUT2D eigenvalue weighted by atomic mass is 15.3. The van der Waals surface area contributed by atoms with Crippen LogP contribution < -0.4 is 0 Å². The van der Waals surface area contributed by atoms with E-state index in [2.05, 4.69) is 92.5 Å². The molecule has 0 bridgehead atoms. The summed E-state index contributed by atoms with van der Waals surface area (Å²) in [6.07, 6.45) is 4.40. The van der Waals surface area contributed by atoms with Crippen LogP contribution >= 0.6 is 0 Å². The molecular formula is C23H25N3. The molecule has 2 aromatic rings. The number of hydrogen-bond acceptors (Lipinski definition) is 3. The molecule has 0 saturated carbocycles. The monoisotopic (exact) mass is 343 g/mol. The molecule has 0 fully saturated rings. The van der Waals surface area contributed by atoms with Crippen molar-refractivity contribution in [3.8, 4) is 0 Å². The van der Waals surface area contributed by atoms with Crippen LogP contribution in [0.3, 0.4) is 0 Å². The second-order valence-corrected chi connectivity index (χ2v) is 7.33. The van der Waals surface area contributed by atoms with E-state index in [4.69, 9.17) is 4.99 Å². The van der Waals surface area contributed by atoms with Crippen LogP contribution in [-0.4, -0.2) is 29.2 Å². The number of fused-ring (bicyclic) bond motifs is 1. The third kappa shape index (κ3) is 2.94. The van der Waals surface area contributed by atoms with Gasteiger partial charge in [-0.2, -0.15) is 0 Å². The molecule has 4 rings (SSSR count). The van der Waals surface area contributed by atoms with Crippen LogP contribution in [0, 0.1) is 20.8 Å². The van der Waals surface area contributed by atoms with Gasteiger partial charge in [0.05, 0.1) is 11.4 Å². The summed E-state index contributed by atoms with van der Waals surface area (Å²) >= 11 is 0. The van der Waals surface area contributed by atoms with Crippen LogP contribution in [0.1, 0.15) is 27.8 Å². The van der Waals surface area contributed by atoms with Crippen molar-refractivity contribution >= 4 is 11.3 Å². The summed E-state index contributed by atoms with van der Waals surface area (Å²) in [6.45, 7) is 8.15. The Balaban J connectivity index is 1.69. The Morgan fingerprint density at radius 1 is 0.962 bits per heavy atom. The summed E-state index contributed by atoms with van der Waals surface area (Å²) < 4.78 is 0. The molecular weight excluding hydrogens is 318 g/mol. The second-order valence-electron chi connectivity index (χ2n) is 7.33. The van der Waals surface area contributed by atoms with Gasteiger partial charge in [-0.25, -0.2) is 0 Å². The van der Waals surface area contributed by atoms with Crippen molar-refractivity contribution in [1.82, 2.24) is 9.80 Å². The molecule has 3 nitrogen and oxygen atoms in total. The van der Waals surface area contributed by atoms with Crippen LogP contribution in [0.25, 0.3) is 5.57 Å². The lowest BCUT2D eigenvalue weighted by atomic mass is 9.89. The van der Waals surface area contributed by atoms with E-state index in [-0.39, 0.29) is 0 Å². The van der Waals surface area contributed by atoms with Crippen molar-refractivity contribution in [1.29, 1.82) is 0 Å². The van der Waals surface area contributed by atoms with E-state index >= 15 is 0 Å². The summed E-state index contributed by atoms with van der Waals surface area (Å²) in [5.41, 5.74) is 10.1. The Labute approximate surface area is 156 Å². The van der Waals surface area contributed by atoms with Gasteiger partial charge in [0.1, 0.15) is 6.67 Å². The fourth-order valence-electron chi connectivity index (χ4n) is 4.05. The number of nitrogens with zero attached hydrogens (tertiary/aromatic N) is 3. The Morgan fingerprint density at radius 3 is 2.35 bits per heavy atom. The van der Waals surface area contributed by atoms with Crippen molar-refractivity contribution < 1.29 is 0 Å². The minimum absolute atomic E-state index is 0.713. The van der Waals surface area contributed by atoms with Gasteiger partial charge in [0.25, 0.3) is 0 Å². The Morgan fingerprint density at radius 2 is 1.65 bits per heavy atom. The third-order valence-corrected chi connectivity index (χ3v) is 5.06. The van der Waals surface area contributed by atoms with Gasteiger partial charge in [-0.1, -0.05) is 48.0 Å². The summed E-state index contributed by atoms with van der Waals surface area (Å²) in [5, 5.41) is 0. The lowest BCUT2D eigenvalue weighted by Crippen LogP contribution is -2.26. The van der Waals surface area contributed by atoms with Crippen molar-refractivity contribution in [3.63, 3.8) is 0 Å². The summed E-state index contributed by atoms with van der Waals surface area (Å²) in [5.74, 6) is 0. The Kier molecular flexibility index (Phi) is 4.15. The van der Waals surface area contributed by atoms with E-state index in [1.54, 1.807) is 0 Å². The van der Waals surface area contributed by atoms with Crippen LogP contribution in [0.15, 0.2) is 65.6 Å². The van der Waals surface area contributed by atoms with Crippen molar-refractivity contribution in [3.05, 3.63) is 88.4 Å². The van der Waals surface area contributed by atoms with Gasteiger partial charge in [0.15, 0.2) is 0 Å². The Hall–Kier alpha value is -2.81. The van der Waals surface area contributed by atoms with Gasteiger partial charge < -0.3 is 9.80 Å². The number of aryl methyl sites for hydroxylation is 3. The zero-order valence-electron chi connectivity index (χ0n) is 16.0. The van der Waals surface area contributed by atoms with Crippen molar-refractivity contribution in [2.75, 3.05) is 13.7 Å². The van der Waals surface area contributed by atoms with Gasteiger partial charge in [0, 0.05) is 31.6 Å². The number of hydrogen-bond donors (Lipinski definition) is 0. The van der Waals surface area contributed by atoms with E-state index in [0.29, 0.717) is 6.67 Å². The molecule has 2 aromatic carbocycles. The fourth-order valence-corrected chi connectivity index (χ4v) is 4.05. The van der Waals surface area contributed by atoms with Gasteiger partial charge in [-0.05, 0) is 43.0 Å².